The van der Waals surface area contributed by atoms with Gasteiger partial charge >= 0.3 is 0 Å². The van der Waals surface area contributed by atoms with E-state index in [1.807, 2.05) is 19.1 Å². The standard InChI is InChI=1S/C13H20N4OS/c1-10-2-3-11(12(14)19)13(16-10)15-4-5-17-6-8-18-9-7-17/h2-3H,4-9H2,1H3,(H2,14,19)(H,15,16). The number of aryl methyl sites for hydroxylation is 1. The predicted molar refractivity (Wildman–Crippen MR) is 80.6 cm³/mol. The van der Waals surface area contributed by atoms with Gasteiger partial charge in [-0.15, -0.1) is 0 Å². The van der Waals surface area contributed by atoms with Crippen molar-refractivity contribution in [2.45, 2.75) is 6.92 Å². The van der Waals surface area contributed by atoms with Gasteiger partial charge in [0.1, 0.15) is 10.8 Å². The Labute approximate surface area is 119 Å². The minimum absolute atomic E-state index is 0.376. The van der Waals surface area contributed by atoms with Gasteiger partial charge < -0.3 is 15.8 Å². The molecule has 0 aliphatic carbocycles. The van der Waals surface area contributed by atoms with Crippen LogP contribution in [0.2, 0.25) is 0 Å². The Hall–Kier alpha value is -1.24. The van der Waals surface area contributed by atoms with E-state index in [2.05, 4.69) is 15.2 Å². The fraction of sp³-hybridized carbons (Fsp3) is 0.538. The lowest BCUT2D eigenvalue weighted by molar-refractivity contribution is 0.0398. The molecule has 2 heterocycles. The second-order valence-corrected chi connectivity index (χ2v) is 5.03. The van der Waals surface area contributed by atoms with Crippen LogP contribution in [0.5, 0.6) is 0 Å². The lowest BCUT2D eigenvalue weighted by Crippen LogP contribution is -2.39. The molecule has 0 amide bonds. The number of nitrogens with zero attached hydrogens (tertiary/aromatic N) is 2. The van der Waals surface area contributed by atoms with Crippen LogP contribution in [0.15, 0.2) is 12.1 Å². The molecule has 1 aromatic heterocycles. The molecular formula is C13H20N4OS. The van der Waals surface area contributed by atoms with Crippen molar-refractivity contribution in [3.05, 3.63) is 23.4 Å². The van der Waals surface area contributed by atoms with Crippen LogP contribution >= 0.6 is 12.2 Å². The number of nitrogens with one attached hydrogen (secondary N) is 1. The van der Waals surface area contributed by atoms with Gasteiger partial charge in [0.2, 0.25) is 0 Å². The van der Waals surface area contributed by atoms with Crippen molar-refractivity contribution in [3.63, 3.8) is 0 Å². The molecular weight excluding hydrogens is 260 g/mol. The second-order valence-electron chi connectivity index (χ2n) is 4.59. The van der Waals surface area contributed by atoms with Gasteiger partial charge in [-0.3, -0.25) is 4.90 Å². The Morgan fingerprint density at radius 3 is 2.89 bits per heavy atom. The summed E-state index contributed by atoms with van der Waals surface area (Å²) < 4.78 is 5.32. The molecule has 1 aromatic rings. The van der Waals surface area contributed by atoms with Crippen LogP contribution < -0.4 is 11.1 Å². The summed E-state index contributed by atoms with van der Waals surface area (Å²) in [6.45, 7) is 7.37. The summed E-state index contributed by atoms with van der Waals surface area (Å²) >= 11 is 5.04. The number of thiocarbonyl (C=S) groups is 1. The zero-order chi connectivity index (χ0) is 13.7. The van der Waals surface area contributed by atoms with Crippen molar-refractivity contribution < 1.29 is 4.74 Å². The lowest BCUT2D eigenvalue weighted by atomic mass is 10.2. The third-order valence-corrected chi connectivity index (χ3v) is 3.34. The molecule has 1 saturated heterocycles. The molecule has 1 aliphatic rings. The maximum Gasteiger partial charge on any atom is 0.136 e. The molecule has 1 fully saturated rings. The zero-order valence-corrected chi connectivity index (χ0v) is 12.0. The van der Waals surface area contributed by atoms with Gasteiger partial charge in [0.15, 0.2) is 0 Å². The van der Waals surface area contributed by atoms with Crippen molar-refractivity contribution >= 4 is 23.0 Å². The van der Waals surface area contributed by atoms with Gasteiger partial charge in [-0.25, -0.2) is 4.98 Å². The molecule has 0 spiro atoms. The largest absolute Gasteiger partial charge is 0.389 e. The Morgan fingerprint density at radius 1 is 1.47 bits per heavy atom. The average Bonchev–Trinajstić information content (AvgIpc) is 2.39. The van der Waals surface area contributed by atoms with Crippen molar-refractivity contribution in [1.82, 2.24) is 9.88 Å². The Balaban J connectivity index is 1.91. The normalized spacial score (nSPS) is 16.3. The van der Waals surface area contributed by atoms with Gasteiger partial charge in [0.05, 0.1) is 18.8 Å². The maximum atomic E-state index is 5.70. The highest BCUT2D eigenvalue weighted by molar-refractivity contribution is 7.80. The summed E-state index contributed by atoms with van der Waals surface area (Å²) in [6.07, 6.45) is 0. The highest BCUT2D eigenvalue weighted by Crippen LogP contribution is 2.13. The summed E-state index contributed by atoms with van der Waals surface area (Å²) in [7, 11) is 0. The molecule has 0 aromatic carbocycles. The van der Waals surface area contributed by atoms with E-state index in [4.69, 9.17) is 22.7 Å². The van der Waals surface area contributed by atoms with Crippen molar-refractivity contribution in [2.24, 2.45) is 5.73 Å². The molecule has 1 aliphatic heterocycles. The summed E-state index contributed by atoms with van der Waals surface area (Å²) in [6, 6.07) is 3.84. The van der Waals surface area contributed by atoms with Gasteiger partial charge in [0, 0.05) is 31.9 Å². The molecule has 0 unspecified atom stereocenters. The third kappa shape index (κ3) is 4.12. The summed E-state index contributed by atoms with van der Waals surface area (Å²) in [5, 5.41) is 3.32. The summed E-state index contributed by atoms with van der Waals surface area (Å²) in [4.78, 5) is 7.20. The van der Waals surface area contributed by atoms with Crippen LogP contribution in [0.1, 0.15) is 11.3 Å². The van der Waals surface area contributed by atoms with Crippen LogP contribution in [0.25, 0.3) is 0 Å². The van der Waals surface area contributed by atoms with E-state index in [1.165, 1.54) is 0 Å². The Bertz CT molecular complexity index is 446. The van der Waals surface area contributed by atoms with Crippen molar-refractivity contribution in [1.29, 1.82) is 0 Å². The first kappa shape index (κ1) is 14.2. The third-order valence-electron chi connectivity index (χ3n) is 3.12. The zero-order valence-electron chi connectivity index (χ0n) is 11.2. The van der Waals surface area contributed by atoms with Gasteiger partial charge in [-0.05, 0) is 19.1 Å². The first-order valence-electron chi connectivity index (χ1n) is 6.48. The fourth-order valence-corrected chi connectivity index (χ4v) is 2.21. The maximum absolute atomic E-state index is 5.70. The van der Waals surface area contributed by atoms with E-state index < -0.39 is 0 Å². The van der Waals surface area contributed by atoms with E-state index in [1.54, 1.807) is 0 Å². The van der Waals surface area contributed by atoms with Crippen LogP contribution in [-0.4, -0.2) is 54.3 Å². The lowest BCUT2D eigenvalue weighted by Gasteiger charge is -2.26. The molecule has 3 N–H and O–H groups in total. The fourth-order valence-electron chi connectivity index (χ4n) is 2.05. The van der Waals surface area contributed by atoms with E-state index >= 15 is 0 Å². The number of aromatic nitrogens is 1. The molecule has 5 nitrogen and oxygen atoms in total. The molecule has 0 saturated carbocycles. The molecule has 0 atom stereocenters. The Kier molecular flexibility index (Phi) is 5.07. The van der Waals surface area contributed by atoms with Crippen LogP contribution in [-0.2, 0) is 4.74 Å². The van der Waals surface area contributed by atoms with Gasteiger partial charge in [-0.2, -0.15) is 0 Å². The minimum Gasteiger partial charge on any atom is -0.389 e. The molecule has 104 valence electrons. The van der Waals surface area contributed by atoms with Gasteiger partial charge in [0.25, 0.3) is 0 Å². The highest BCUT2D eigenvalue weighted by Gasteiger charge is 2.11. The van der Waals surface area contributed by atoms with E-state index in [-0.39, 0.29) is 0 Å². The molecule has 6 heteroatoms. The number of morpholine rings is 1. The van der Waals surface area contributed by atoms with Crippen molar-refractivity contribution in [2.75, 3.05) is 44.7 Å². The highest BCUT2D eigenvalue weighted by atomic mass is 32.1. The number of rotatable bonds is 5. The molecule has 19 heavy (non-hydrogen) atoms. The molecule has 0 radical (unpaired) electrons. The van der Waals surface area contributed by atoms with Crippen molar-refractivity contribution in [3.8, 4) is 0 Å². The second kappa shape index (κ2) is 6.79. The minimum atomic E-state index is 0.376. The van der Waals surface area contributed by atoms with Crippen LogP contribution in [0, 0.1) is 6.92 Å². The quantitative estimate of drug-likeness (QED) is 0.777. The predicted octanol–water partition coefficient (Wildman–Crippen LogP) is 0.768. The molecule has 0 bridgehead atoms. The monoisotopic (exact) mass is 280 g/mol. The van der Waals surface area contributed by atoms with E-state index in [9.17, 15) is 0 Å². The van der Waals surface area contributed by atoms with E-state index in [0.29, 0.717) is 4.99 Å². The smallest absolute Gasteiger partial charge is 0.136 e. The topological polar surface area (TPSA) is 63.4 Å². The van der Waals surface area contributed by atoms with Gasteiger partial charge in [-0.1, -0.05) is 12.2 Å². The number of ether oxygens (including phenoxy) is 1. The SMILES string of the molecule is Cc1ccc(C(N)=S)c(NCCN2CCOCC2)n1. The average molecular weight is 280 g/mol. The number of hydrogen-bond acceptors (Lipinski definition) is 5. The number of pyridine rings is 1. The number of anilines is 1. The summed E-state index contributed by atoms with van der Waals surface area (Å²) in [5.74, 6) is 0.778. The van der Waals surface area contributed by atoms with Crippen LogP contribution in [0.4, 0.5) is 5.82 Å². The van der Waals surface area contributed by atoms with E-state index in [0.717, 1.165) is 56.5 Å². The summed E-state index contributed by atoms with van der Waals surface area (Å²) in [5.41, 5.74) is 7.46. The number of nitrogens with two attached hydrogens (primary N) is 1. The van der Waals surface area contributed by atoms with Crippen LogP contribution in [0.3, 0.4) is 0 Å². The first-order valence-corrected chi connectivity index (χ1v) is 6.89. The number of hydrogen-bond donors (Lipinski definition) is 2. The Morgan fingerprint density at radius 2 is 2.21 bits per heavy atom. The molecule has 2 rings (SSSR count). The first-order chi connectivity index (χ1) is 9.16.